The van der Waals surface area contributed by atoms with Gasteiger partial charge in [-0.15, -0.1) is 0 Å². The smallest absolute Gasteiger partial charge is 0.165 e. The predicted molar refractivity (Wildman–Crippen MR) is 65.3 cm³/mol. The highest BCUT2D eigenvalue weighted by Crippen LogP contribution is 2.30. The maximum atomic E-state index is 13.5. The number of benzene rings is 1. The number of hydrogen-bond acceptors (Lipinski definition) is 3. The van der Waals surface area contributed by atoms with E-state index < -0.39 is 18.0 Å². The van der Waals surface area contributed by atoms with E-state index in [4.69, 9.17) is 10.5 Å². The normalized spacial score (nSPS) is 16.4. The molecule has 0 saturated carbocycles. The molecular weight excluding hydrogens is 221 g/mol. The second-order valence-electron chi connectivity index (χ2n) is 4.26. The van der Waals surface area contributed by atoms with Crippen molar-refractivity contribution in [1.29, 1.82) is 0 Å². The summed E-state index contributed by atoms with van der Waals surface area (Å²) in [7, 11) is 1.39. The molecule has 0 aliphatic carbocycles. The molecule has 0 amide bonds. The first-order chi connectivity index (χ1) is 8.02. The zero-order chi connectivity index (χ0) is 13.0. The average molecular weight is 241 g/mol. The number of aliphatic hydroxyl groups excluding tert-OH is 1. The number of ether oxygens (including phenoxy) is 1. The van der Waals surface area contributed by atoms with Crippen LogP contribution in [0, 0.1) is 11.7 Å². The SMILES string of the molecule is CCC(C)[C@H](O)[C@H](N)c1cccc(F)c1OC. The van der Waals surface area contributed by atoms with Crippen LogP contribution in [0.4, 0.5) is 4.39 Å². The Hall–Kier alpha value is -1.13. The fourth-order valence-electron chi connectivity index (χ4n) is 1.78. The molecule has 0 saturated heterocycles. The van der Waals surface area contributed by atoms with E-state index in [0.717, 1.165) is 6.42 Å². The molecule has 0 aliphatic rings. The second kappa shape index (κ2) is 5.98. The number of aliphatic hydroxyl groups is 1. The fourth-order valence-corrected chi connectivity index (χ4v) is 1.78. The third-order valence-corrected chi connectivity index (χ3v) is 3.16. The molecule has 0 spiro atoms. The molecule has 0 bridgehead atoms. The molecule has 1 rings (SSSR count). The summed E-state index contributed by atoms with van der Waals surface area (Å²) in [5.74, 6) is -0.294. The maximum absolute atomic E-state index is 13.5. The number of methoxy groups -OCH3 is 1. The minimum atomic E-state index is -0.712. The molecule has 3 N–H and O–H groups in total. The Bertz CT molecular complexity index is 370. The lowest BCUT2D eigenvalue weighted by Gasteiger charge is -2.25. The van der Waals surface area contributed by atoms with Crippen molar-refractivity contribution in [3.63, 3.8) is 0 Å². The minimum absolute atomic E-state index is 0.0537. The second-order valence-corrected chi connectivity index (χ2v) is 4.26. The van der Waals surface area contributed by atoms with Gasteiger partial charge in [-0.2, -0.15) is 0 Å². The van der Waals surface area contributed by atoms with Gasteiger partial charge >= 0.3 is 0 Å². The Kier molecular flexibility index (Phi) is 4.90. The molecule has 0 aliphatic heterocycles. The monoisotopic (exact) mass is 241 g/mol. The van der Waals surface area contributed by atoms with E-state index in [1.54, 1.807) is 12.1 Å². The molecular formula is C13H20FNO2. The van der Waals surface area contributed by atoms with Crippen molar-refractivity contribution >= 4 is 0 Å². The van der Waals surface area contributed by atoms with Gasteiger partial charge in [0.25, 0.3) is 0 Å². The van der Waals surface area contributed by atoms with E-state index in [1.807, 2.05) is 13.8 Å². The minimum Gasteiger partial charge on any atom is -0.493 e. The van der Waals surface area contributed by atoms with Gasteiger partial charge in [-0.3, -0.25) is 0 Å². The Morgan fingerprint density at radius 3 is 2.65 bits per heavy atom. The molecule has 3 atom stereocenters. The Morgan fingerprint density at radius 2 is 2.12 bits per heavy atom. The lowest BCUT2D eigenvalue weighted by atomic mass is 9.91. The highest BCUT2D eigenvalue weighted by molar-refractivity contribution is 5.37. The van der Waals surface area contributed by atoms with Crippen molar-refractivity contribution in [1.82, 2.24) is 0 Å². The fraction of sp³-hybridized carbons (Fsp3) is 0.538. The summed E-state index contributed by atoms with van der Waals surface area (Å²) >= 11 is 0. The van der Waals surface area contributed by atoms with E-state index in [-0.39, 0.29) is 11.7 Å². The van der Waals surface area contributed by atoms with Gasteiger partial charge in [-0.25, -0.2) is 4.39 Å². The first kappa shape index (κ1) is 13.9. The van der Waals surface area contributed by atoms with Crippen LogP contribution in [0.15, 0.2) is 18.2 Å². The van der Waals surface area contributed by atoms with Crippen LogP contribution in [0.2, 0.25) is 0 Å². The lowest BCUT2D eigenvalue weighted by molar-refractivity contribution is 0.0869. The third kappa shape index (κ3) is 2.96. The summed E-state index contributed by atoms with van der Waals surface area (Å²) in [6, 6.07) is 3.91. The third-order valence-electron chi connectivity index (χ3n) is 3.16. The number of rotatable bonds is 5. The lowest BCUT2D eigenvalue weighted by Crippen LogP contribution is -2.32. The molecule has 0 fully saturated rings. The van der Waals surface area contributed by atoms with E-state index in [2.05, 4.69) is 0 Å². The van der Waals surface area contributed by atoms with Gasteiger partial charge < -0.3 is 15.6 Å². The summed E-state index contributed by atoms with van der Waals surface area (Å²) in [5, 5.41) is 10.0. The van der Waals surface area contributed by atoms with Crippen LogP contribution in [0.5, 0.6) is 5.75 Å². The van der Waals surface area contributed by atoms with Gasteiger partial charge in [0, 0.05) is 5.56 Å². The average Bonchev–Trinajstić information content (AvgIpc) is 2.35. The summed E-state index contributed by atoms with van der Waals surface area (Å²) in [5.41, 5.74) is 6.46. The van der Waals surface area contributed by atoms with Crippen molar-refractivity contribution in [2.24, 2.45) is 11.7 Å². The first-order valence-corrected chi connectivity index (χ1v) is 5.78. The van der Waals surface area contributed by atoms with Crippen molar-refractivity contribution in [3.05, 3.63) is 29.6 Å². The number of nitrogens with two attached hydrogens (primary N) is 1. The van der Waals surface area contributed by atoms with Crippen LogP contribution in [0.25, 0.3) is 0 Å². The van der Waals surface area contributed by atoms with Crippen LogP contribution >= 0.6 is 0 Å². The molecule has 1 aromatic rings. The first-order valence-electron chi connectivity index (χ1n) is 5.78. The molecule has 1 aromatic carbocycles. The van der Waals surface area contributed by atoms with Crippen molar-refractivity contribution < 1.29 is 14.2 Å². The van der Waals surface area contributed by atoms with Crippen LogP contribution in [-0.2, 0) is 0 Å². The maximum Gasteiger partial charge on any atom is 0.165 e. The highest BCUT2D eigenvalue weighted by atomic mass is 19.1. The van der Waals surface area contributed by atoms with Crippen molar-refractivity contribution in [2.45, 2.75) is 32.4 Å². The van der Waals surface area contributed by atoms with Gasteiger partial charge in [-0.05, 0) is 12.0 Å². The predicted octanol–water partition coefficient (Wildman–Crippen LogP) is 2.24. The molecule has 17 heavy (non-hydrogen) atoms. The molecule has 1 unspecified atom stereocenters. The Morgan fingerprint density at radius 1 is 1.47 bits per heavy atom. The zero-order valence-corrected chi connectivity index (χ0v) is 10.5. The van der Waals surface area contributed by atoms with E-state index in [0.29, 0.717) is 5.56 Å². The molecule has 4 heteroatoms. The summed E-state index contributed by atoms with van der Waals surface area (Å²) in [6.45, 7) is 3.89. The summed E-state index contributed by atoms with van der Waals surface area (Å²) < 4.78 is 18.5. The zero-order valence-electron chi connectivity index (χ0n) is 10.5. The van der Waals surface area contributed by atoms with Gasteiger partial charge in [0.15, 0.2) is 11.6 Å². The Labute approximate surface area is 101 Å². The number of halogens is 1. The van der Waals surface area contributed by atoms with Crippen LogP contribution in [0.1, 0.15) is 31.9 Å². The molecule has 3 nitrogen and oxygen atoms in total. The number of para-hydroxylation sites is 1. The van der Waals surface area contributed by atoms with Crippen molar-refractivity contribution in [3.8, 4) is 5.75 Å². The molecule has 0 heterocycles. The topological polar surface area (TPSA) is 55.5 Å². The van der Waals surface area contributed by atoms with Gasteiger partial charge in [0.1, 0.15) is 0 Å². The van der Waals surface area contributed by atoms with Gasteiger partial charge in [-0.1, -0.05) is 32.4 Å². The van der Waals surface area contributed by atoms with Crippen molar-refractivity contribution in [2.75, 3.05) is 7.11 Å². The van der Waals surface area contributed by atoms with Crippen LogP contribution in [-0.4, -0.2) is 18.3 Å². The number of hydrogen-bond donors (Lipinski definition) is 2. The summed E-state index contributed by atoms with van der Waals surface area (Å²) in [4.78, 5) is 0. The molecule has 0 radical (unpaired) electrons. The van der Waals surface area contributed by atoms with Crippen LogP contribution in [0.3, 0.4) is 0 Å². The van der Waals surface area contributed by atoms with Crippen LogP contribution < -0.4 is 10.5 Å². The van der Waals surface area contributed by atoms with E-state index in [1.165, 1.54) is 13.2 Å². The summed E-state index contributed by atoms with van der Waals surface area (Å²) in [6.07, 6.45) is 0.0997. The van der Waals surface area contributed by atoms with Gasteiger partial charge in [0.2, 0.25) is 0 Å². The molecule has 0 aromatic heterocycles. The molecule has 96 valence electrons. The Balaban J connectivity index is 3.03. The van der Waals surface area contributed by atoms with E-state index >= 15 is 0 Å². The largest absolute Gasteiger partial charge is 0.493 e. The van der Waals surface area contributed by atoms with Gasteiger partial charge in [0.05, 0.1) is 19.3 Å². The standard InChI is InChI=1S/C13H20FNO2/c1-4-8(2)12(16)11(15)9-6-5-7-10(14)13(9)17-3/h5-8,11-12,16H,4,15H2,1-3H3/t8?,11-,12+/m1/s1. The quantitative estimate of drug-likeness (QED) is 0.831. The van der Waals surface area contributed by atoms with E-state index in [9.17, 15) is 9.50 Å². The highest BCUT2D eigenvalue weighted by Gasteiger charge is 2.25.